The number of amides is 1. The van der Waals surface area contributed by atoms with Gasteiger partial charge in [-0.05, 0) is 37.5 Å². The summed E-state index contributed by atoms with van der Waals surface area (Å²) in [5, 5.41) is 13.7. The molecule has 1 fully saturated rings. The van der Waals surface area contributed by atoms with Gasteiger partial charge >= 0.3 is 5.97 Å². The lowest BCUT2D eigenvalue weighted by atomic mass is 9.95. The molecule has 1 saturated carbocycles. The number of ether oxygens (including phenoxy) is 1. The van der Waals surface area contributed by atoms with Crippen molar-refractivity contribution in [1.29, 1.82) is 0 Å². The fourth-order valence-corrected chi connectivity index (χ4v) is 4.91. The van der Waals surface area contributed by atoms with E-state index in [1.54, 1.807) is 24.3 Å². The van der Waals surface area contributed by atoms with Crippen molar-refractivity contribution in [1.82, 2.24) is 20.2 Å². The van der Waals surface area contributed by atoms with Crippen molar-refractivity contribution >= 4 is 29.9 Å². The zero-order chi connectivity index (χ0) is 24.6. The number of methoxy groups -OCH3 is 1. The third-order valence-electron chi connectivity index (χ3n) is 5.98. The Morgan fingerprint density at radius 2 is 1.80 bits per heavy atom. The van der Waals surface area contributed by atoms with Crippen LogP contribution in [0.15, 0.2) is 58.8 Å². The minimum absolute atomic E-state index is 0.178. The van der Waals surface area contributed by atoms with E-state index in [2.05, 4.69) is 61.2 Å². The van der Waals surface area contributed by atoms with E-state index in [-0.39, 0.29) is 11.7 Å². The van der Waals surface area contributed by atoms with Crippen LogP contribution in [0, 0.1) is 6.92 Å². The van der Waals surface area contributed by atoms with E-state index in [1.807, 2.05) is 0 Å². The molecular formula is C26H29N5O3S. The predicted molar refractivity (Wildman–Crippen MR) is 137 cm³/mol. The quantitative estimate of drug-likeness (QED) is 0.211. The molecule has 2 aromatic carbocycles. The van der Waals surface area contributed by atoms with Crippen LogP contribution in [0.1, 0.15) is 59.6 Å². The van der Waals surface area contributed by atoms with Crippen molar-refractivity contribution in [3.8, 4) is 11.4 Å². The van der Waals surface area contributed by atoms with E-state index >= 15 is 0 Å². The Morgan fingerprint density at radius 1 is 1.09 bits per heavy atom. The zero-order valence-electron chi connectivity index (χ0n) is 19.9. The highest BCUT2D eigenvalue weighted by Crippen LogP contribution is 2.35. The highest BCUT2D eigenvalue weighted by atomic mass is 32.2. The highest BCUT2D eigenvalue weighted by molar-refractivity contribution is 7.99. The smallest absolute Gasteiger partial charge is 0.337 e. The van der Waals surface area contributed by atoms with E-state index < -0.39 is 5.97 Å². The van der Waals surface area contributed by atoms with E-state index in [0.717, 1.165) is 34.9 Å². The van der Waals surface area contributed by atoms with Crippen LogP contribution in [-0.2, 0) is 9.53 Å². The molecule has 8 nitrogen and oxygen atoms in total. The van der Waals surface area contributed by atoms with Crippen molar-refractivity contribution in [2.45, 2.75) is 50.2 Å². The summed E-state index contributed by atoms with van der Waals surface area (Å²) in [6, 6.07) is 15.4. The second kappa shape index (κ2) is 11.8. The van der Waals surface area contributed by atoms with Crippen molar-refractivity contribution < 1.29 is 14.3 Å². The average molecular weight is 492 g/mol. The van der Waals surface area contributed by atoms with Crippen molar-refractivity contribution in [2.75, 3.05) is 12.9 Å². The Labute approximate surface area is 209 Å². The summed E-state index contributed by atoms with van der Waals surface area (Å²) < 4.78 is 6.90. The van der Waals surface area contributed by atoms with Gasteiger partial charge < -0.3 is 4.74 Å². The fourth-order valence-electron chi connectivity index (χ4n) is 4.11. The number of rotatable bonds is 8. The standard InChI is InChI=1S/C26H29N5O3S/c1-18-8-12-20(13-9-18)24-29-30-26(31(24)22-6-4-3-5-7-22)35-17-23(32)28-27-16-19-10-14-21(15-11-19)25(33)34-2/h8-16,22H,3-7,17H2,1-2H3,(H,28,32)/b27-16+. The number of nitrogens with zero attached hydrogens (tertiary/aromatic N) is 4. The number of hydrogen-bond donors (Lipinski definition) is 1. The molecule has 0 radical (unpaired) electrons. The van der Waals surface area contributed by atoms with Crippen LogP contribution in [-0.4, -0.2) is 45.7 Å². The van der Waals surface area contributed by atoms with Gasteiger partial charge in [-0.15, -0.1) is 10.2 Å². The van der Waals surface area contributed by atoms with Crippen LogP contribution >= 0.6 is 11.8 Å². The maximum Gasteiger partial charge on any atom is 0.337 e. The Hall–Kier alpha value is -3.46. The molecule has 182 valence electrons. The van der Waals surface area contributed by atoms with E-state index in [0.29, 0.717) is 11.6 Å². The van der Waals surface area contributed by atoms with Crippen LogP contribution in [0.3, 0.4) is 0 Å². The molecule has 1 aliphatic carbocycles. The number of esters is 1. The van der Waals surface area contributed by atoms with Gasteiger partial charge in [0.15, 0.2) is 11.0 Å². The first-order valence-corrected chi connectivity index (χ1v) is 12.7. The number of nitrogens with one attached hydrogen (secondary N) is 1. The van der Waals surface area contributed by atoms with Gasteiger partial charge in [0.1, 0.15) is 0 Å². The van der Waals surface area contributed by atoms with Crippen molar-refractivity contribution in [3.05, 3.63) is 65.2 Å². The number of benzene rings is 2. The molecule has 9 heteroatoms. The normalized spacial score (nSPS) is 14.2. The predicted octanol–water partition coefficient (Wildman–Crippen LogP) is 4.79. The minimum atomic E-state index is -0.398. The molecule has 1 heterocycles. The number of aryl methyl sites for hydroxylation is 1. The second-order valence-electron chi connectivity index (χ2n) is 8.53. The van der Waals surface area contributed by atoms with Crippen LogP contribution in [0.5, 0.6) is 0 Å². The van der Waals surface area contributed by atoms with E-state index in [1.165, 1.54) is 49.9 Å². The summed E-state index contributed by atoms with van der Waals surface area (Å²) in [7, 11) is 1.34. The Morgan fingerprint density at radius 3 is 2.49 bits per heavy atom. The lowest BCUT2D eigenvalue weighted by molar-refractivity contribution is -0.118. The molecule has 0 aliphatic heterocycles. The lowest BCUT2D eigenvalue weighted by Crippen LogP contribution is -2.20. The second-order valence-corrected chi connectivity index (χ2v) is 9.47. The maximum atomic E-state index is 12.4. The highest BCUT2D eigenvalue weighted by Gasteiger charge is 2.24. The fraction of sp³-hybridized carbons (Fsp3) is 0.346. The van der Waals surface area contributed by atoms with Gasteiger partial charge in [-0.2, -0.15) is 5.10 Å². The topological polar surface area (TPSA) is 98.5 Å². The molecule has 3 aromatic rings. The molecule has 1 aromatic heterocycles. The molecular weight excluding hydrogens is 462 g/mol. The first-order valence-electron chi connectivity index (χ1n) is 11.7. The summed E-state index contributed by atoms with van der Waals surface area (Å²) in [5.74, 6) is 0.406. The van der Waals surface area contributed by atoms with Gasteiger partial charge in [0.2, 0.25) is 0 Å². The van der Waals surface area contributed by atoms with Crippen molar-refractivity contribution in [2.24, 2.45) is 5.10 Å². The molecule has 1 N–H and O–H groups in total. The number of hydrogen-bond acceptors (Lipinski definition) is 7. The van der Waals surface area contributed by atoms with Gasteiger partial charge in [-0.1, -0.05) is 73.0 Å². The summed E-state index contributed by atoms with van der Waals surface area (Å²) in [5.41, 5.74) is 6.00. The monoisotopic (exact) mass is 491 g/mol. The first kappa shape index (κ1) is 24.7. The van der Waals surface area contributed by atoms with Gasteiger partial charge in [-0.3, -0.25) is 9.36 Å². The maximum absolute atomic E-state index is 12.4. The Balaban J connectivity index is 1.40. The number of carbonyl (C=O) groups is 2. The molecule has 0 atom stereocenters. The van der Waals surface area contributed by atoms with Gasteiger partial charge in [0, 0.05) is 11.6 Å². The molecule has 0 bridgehead atoms. The van der Waals surface area contributed by atoms with E-state index in [9.17, 15) is 9.59 Å². The Kier molecular flexibility index (Phi) is 8.31. The van der Waals surface area contributed by atoms with Gasteiger partial charge in [-0.25, -0.2) is 10.2 Å². The van der Waals surface area contributed by atoms with Gasteiger partial charge in [0.25, 0.3) is 5.91 Å². The number of thioether (sulfide) groups is 1. The van der Waals surface area contributed by atoms with Crippen LogP contribution < -0.4 is 5.43 Å². The summed E-state index contributed by atoms with van der Waals surface area (Å²) in [6.45, 7) is 2.06. The molecule has 0 unspecified atom stereocenters. The van der Waals surface area contributed by atoms with Crippen LogP contribution in [0.2, 0.25) is 0 Å². The SMILES string of the molecule is COC(=O)c1ccc(/C=N/NC(=O)CSc2nnc(-c3ccc(C)cc3)n2C2CCCCC2)cc1. The largest absolute Gasteiger partial charge is 0.465 e. The molecule has 4 rings (SSSR count). The lowest BCUT2D eigenvalue weighted by Gasteiger charge is -2.25. The molecule has 35 heavy (non-hydrogen) atoms. The van der Waals surface area contributed by atoms with Crippen molar-refractivity contribution in [3.63, 3.8) is 0 Å². The zero-order valence-corrected chi connectivity index (χ0v) is 20.8. The third-order valence-corrected chi connectivity index (χ3v) is 6.92. The Bertz CT molecular complexity index is 1180. The summed E-state index contributed by atoms with van der Waals surface area (Å²) >= 11 is 1.37. The molecule has 0 spiro atoms. The molecule has 0 saturated heterocycles. The van der Waals surface area contributed by atoms with Crippen LogP contribution in [0.25, 0.3) is 11.4 Å². The van der Waals surface area contributed by atoms with E-state index in [4.69, 9.17) is 0 Å². The third kappa shape index (κ3) is 6.36. The summed E-state index contributed by atoms with van der Waals surface area (Å²) in [6.07, 6.45) is 7.36. The molecule has 1 amide bonds. The summed E-state index contributed by atoms with van der Waals surface area (Å²) in [4.78, 5) is 23.9. The first-order chi connectivity index (χ1) is 17.0. The number of carbonyl (C=O) groups excluding carboxylic acids is 2. The average Bonchev–Trinajstić information content (AvgIpc) is 3.32. The van der Waals surface area contributed by atoms with Crippen LogP contribution in [0.4, 0.5) is 0 Å². The minimum Gasteiger partial charge on any atom is -0.465 e. The molecule has 1 aliphatic rings. The number of aromatic nitrogens is 3. The number of hydrazone groups is 1. The van der Waals surface area contributed by atoms with Gasteiger partial charge in [0.05, 0.1) is 24.6 Å².